The topological polar surface area (TPSA) is 96.2 Å². The molecule has 0 spiro atoms. The molecule has 0 saturated carbocycles. The van der Waals surface area contributed by atoms with E-state index in [4.69, 9.17) is 11.6 Å². The summed E-state index contributed by atoms with van der Waals surface area (Å²) in [4.78, 5) is 24.8. The van der Waals surface area contributed by atoms with Gasteiger partial charge in [-0.05, 0) is 36.2 Å². The zero-order chi connectivity index (χ0) is 20.3. The second-order valence-electron chi connectivity index (χ2n) is 6.42. The third-order valence-corrected chi connectivity index (χ3v) is 4.32. The molecule has 3 N–H and O–H groups in total. The SMILES string of the molecule is CC(C)c1c(C(=O)NNC(=O)c2ccccc2O)cnn1-c1cccc(Cl)c1. The van der Waals surface area contributed by atoms with Crippen LogP contribution in [0.3, 0.4) is 0 Å². The molecule has 1 aromatic heterocycles. The van der Waals surface area contributed by atoms with Crippen molar-refractivity contribution in [2.24, 2.45) is 0 Å². The second-order valence-corrected chi connectivity index (χ2v) is 6.85. The van der Waals surface area contributed by atoms with Crippen molar-refractivity contribution in [3.8, 4) is 11.4 Å². The Morgan fingerprint density at radius 3 is 2.36 bits per heavy atom. The predicted molar refractivity (Wildman–Crippen MR) is 106 cm³/mol. The van der Waals surface area contributed by atoms with E-state index in [1.54, 1.807) is 35.0 Å². The van der Waals surface area contributed by atoms with Crippen LogP contribution in [-0.4, -0.2) is 26.7 Å². The van der Waals surface area contributed by atoms with Crippen molar-refractivity contribution in [1.82, 2.24) is 20.6 Å². The van der Waals surface area contributed by atoms with Crippen LogP contribution in [-0.2, 0) is 0 Å². The van der Waals surface area contributed by atoms with Gasteiger partial charge in [0.25, 0.3) is 11.8 Å². The Kier molecular flexibility index (Phi) is 5.65. The van der Waals surface area contributed by atoms with Gasteiger partial charge in [0, 0.05) is 5.02 Å². The van der Waals surface area contributed by atoms with E-state index < -0.39 is 11.8 Å². The lowest BCUT2D eigenvalue weighted by Crippen LogP contribution is -2.42. The van der Waals surface area contributed by atoms with E-state index in [0.717, 1.165) is 5.69 Å². The van der Waals surface area contributed by atoms with Crippen LogP contribution in [0.15, 0.2) is 54.7 Å². The second kappa shape index (κ2) is 8.14. The summed E-state index contributed by atoms with van der Waals surface area (Å²) in [7, 11) is 0. The number of amides is 2. The third-order valence-electron chi connectivity index (χ3n) is 4.09. The first-order valence-corrected chi connectivity index (χ1v) is 8.98. The van der Waals surface area contributed by atoms with Crippen molar-refractivity contribution in [1.29, 1.82) is 0 Å². The summed E-state index contributed by atoms with van der Waals surface area (Å²) in [5.74, 6) is -1.33. The highest BCUT2D eigenvalue weighted by molar-refractivity contribution is 6.30. The largest absolute Gasteiger partial charge is 0.507 e. The molecule has 7 nitrogen and oxygen atoms in total. The summed E-state index contributed by atoms with van der Waals surface area (Å²) < 4.78 is 1.65. The molecule has 0 aliphatic rings. The molecule has 0 radical (unpaired) electrons. The highest BCUT2D eigenvalue weighted by Crippen LogP contribution is 2.24. The fourth-order valence-electron chi connectivity index (χ4n) is 2.82. The number of halogens is 1. The van der Waals surface area contributed by atoms with Crippen molar-refractivity contribution in [3.63, 3.8) is 0 Å². The highest BCUT2D eigenvalue weighted by Gasteiger charge is 2.22. The van der Waals surface area contributed by atoms with Crippen molar-refractivity contribution in [2.45, 2.75) is 19.8 Å². The Balaban J connectivity index is 1.82. The summed E-state index contributed by atoms with van der Waals surface area (Å²) >= 11 is 6.06. The van der Waals surface area contributed by atoms with Gasteiger partial charge in [0.15, 0.2) is 0 Å². The quantitative estimate of drug-likeness (QED) is 0.586. The lowest BCUT2D eigenvalue weighted by molar-refractivity contribution is 0.0844. The third kappa shape index (κ3) is 3.99. The maximum Gasteiger partial charge on any atom is 0.273 e. The molecule has 2 amide bonds. The molecular formula is C20H19ClN4O3. The zero-order valence-corrected chi connectivity index (χ0v) is 16.1. The molecule has 0 bridgehead atoms. The van der Waals surface area contributed by atoms with Gasteiger partial charge in [-0.15, -0.1) is 0 Å². The Morgan fingerprint density at radius 1 is 1.04 bits per heavy atom. The number of phenolic OH excluding ortho intramolecular Hbond substituents is 1. The van der Waals surface area contributed by atoms with E-state index in [1.165, 1.54) is 18.3 Å². The summed E-state index contributed by atoms with van der Waals surface area (Å²) in [6.07, 6.45) is 1.44. The number of hydrogen-bond acceptors (Lipinski definition) is 4. The summed E-state index contributed by atoms with van der Waals surface area (Å²) in [5.41, 5.74) is 6.46. The maximum atomic E-state index is 12.6. The number of nitrogens with one attached hydrogen (secondary N) is 2. The molecule has 8 heteroatoms. The number of aromatic nitrogens is 2. The molecule has 28 heavy (non-hydrogen) atoms. The van der Waals surface area contributed by atoms with E-state index in [2.05, 4.69) is 16.0 Å². The van der Waals surface area contributed by atoms with Crippen LogP contribution >= 0.6 is 11.6 Å². The number of para-hydroxylation sites is 1. The van der Waals surface area contributed by atoms with Gasteiger partial charge in [0.2, 0.25) is 0 Å². The van der Waals surface area contributed by atoms with Crippen molar-refractivity contribution < 1.29 is 14.7 Å². The number of aromatic hydroxyl groups is 1. The molecule has 0 aliphatic carbocycles. The molecule has 1 heterocycles. The predicted octanol–water partition coefficient (Wildman–Crippen LogP) is 3.43. The minimum absolute atomic E-state index is 0.0175. The van der Waals surface area contributed by atoms with Gasteiger partial charge in [-0.1, -0.05) is 43.6 Å². The Morgan fingerprint density at radius 2 is 1.71 bits per heavy atom. The Hall–Kier alpha value is -3.32. The lowest BCUT2D eigenvalue weighted by Gasteiger charge is -2.13. The molecule has 144 valence electrons. The molecule has 2 aromatic carbocycles. The number of hydrogen-bond donors (Lipinski definition) is 3. The van der Waals surface area contributed by atoms with Crippen LogP contribution in [0.5, 0.6) is 5.75 Å². The first-order valence-electron chi connectivity index (χ1n) is 8.61. The van der Waals surface area contributed by atoms with Gasteiger partial charge in [0.05, 0.1) is 28.7 Å². The molecule has 3 rings (SSSR count). The van der Waals surface area contributed by atoms with Crippen molar-refractivity contribution in [3.05, 3.63) is 76.6 Å². The van der Waals surface area contributed by atoms with Gasteiger partial charge in [-0.3, -0.25) is 20.4 Å². The molecule has 0 fully saturated rings. The van der Waals surface area contributed by atoms with Crippen LogP contribution in [0.2, 0.25) is 5.02 Å². The first kappa shape index (κ1) is 19.4. The summed E-state index contributed by atoms with van der Waals surface area (Å²) in [5, 5.41) is 14.6. The normalized spacial score (nSPS) is 10.7. The lowest BCUT2D eigenvalue weighted by atomic mass is 10.1. The van der Waals surface area contributed by atoms with E-state index in [1.807, 2.05) is 19.9 Å². The number of carbonyl (C=O) groups is 2. The average Bonchev–Trinajstić information content (AvgIpc) is 3.12. The first-order chi connectivity index (χ1) is 13.4. The Bertz CT molecular complexity index is 1030. The monoisotopic (exact) mass is 398 g/mol. The molecule has 3 aromatic rings. The number of rotatable bonds is 4. The molecule has 0 unspecified atom stereocenters. The van der Waals surface area contributed by atoms with Gasteiger partial charge in [-0.25, -0.2) is 4.68 Å². The van der Waals surface area contributed by atoms with E-state index in [9.17, 15) is 14.7 Å². The van der Waals surface area contributed by atoms with E-state index in [-0.39, 0.29) is 17.2 Å². The van der Waals surface area contributed by atoms with Crippen LogP contribution in [0, 0.1) is 0 Å². The molecular weight excluding hydrogens is 380 g/mol. The van der Waals surface area contributed by atoms with Crippen LogP contribution in [0.1, 0.15) is 46.2 Å². The van der Waals surface area contributed by atoms with Gasteiger partial charge >= 0.3 is 0 Å². The van der Waals surface area contributed by atoms with E-state index in [0.29, 0.717) is 16.3 Å². The highest BCUT2D eigenvalue weighted by atomic mass is 35.5. The van der Waals surface area contributed by atoms with Crippen LogP contribution < -0.4 is 10.9 Å². The van der Waals surface area contributed by atoms with Crippen LogP contribution in [0.4, 0.5) is 0 Å². The minimum Gasteiger partial charge on any atom is -0.507 e. The zero-order valence-electron chi connectivity index (χ0n) is 15.3. The standard InChI is InChI=1S/C20H19ClN4O3/c1-12(2)18-16(11-22-25(18)14-7-5-6-13(21)10-14)20(28)24-23-19(27)15-8-3-4-9-17(15)26/h3-12,26H,1-2H3,(H,23,27)(H,24,28). The molecule has 0 saturated heterocycles. The number of phenols is 1. The summed E-state index contributed by atoms with van der Waals surface area (Å²) in [6, 6.07) is 13.2. The number of hydrazine groups is 1. The fraction of sp³-hybridized carbons (Fsp3) is 0.150. The average molecular weight is 399 g/mol. The number of nitrogens with zero attached hydrogens (tertiary/aromatic N) is 2. The Labute approximate surface area is 166 Å². The van der Waals surface area contributed by atoms with Crippen LogP contribution in [0.25, 0.3) is 5.69 Å². The fourth-order valence-corrected chi connectivity index (χ4v) is 3.00. The van der Waals surface area contributed by atoms with E-state index >= 15 is 0 Å². The molecule has 0 aliphatic heterocycles. The van der Waals surface area contributed by atoms with Gasteiger partial charge in [-0.2, -0.15) is 5.10 Å². The van der Waals surface area contributed by atoms with Crippen molar-refractivity contribution in [2.75, 3.05) is 0 Å². The minimum atomic E-state index is -0.625. The van der Waals surface area contributed by atoms with Gasteiger partial charge in [0.1, 0.15) is 5.75 Å². The van der Waals surface area contributed by atoms with Gasteiger partial charge < -0.3 is 5.11 Å². The van der Waals surface area contributed by atoms with Crippen molar-refractivity contribution >= 4 is 23.4 Å². The molecule has 0 atom stereocenters. The maximum absolute atomic E-state index is 12.6. The smallest absolute Gasteiger partial charge is 0.273 e. The summed E-state index contributed by atoms with van der Waals surface area (Å²) in [6.45, 7) is 3.88. The number of carbonyl (C=O) groups excluding carboxylic acids is 2. The number of benzene rings is 2.